The van der Waals surface area contributed by atoms with Crippen molar-refractivity contribution in [2.24, 2.45) is 46.3 Å². The van der Waals surface area contributed by atoms with Crippen molar-refractivity contribution in [1.29, 1.82) is 0 Å². The Kier molecular flexibility index (Phi) is 8.67. The summed E-state index contributed by atoms with van der Waals surface area (Å²) in [5.41, 5.74) is 1.36. The Bertz CT molecular complexity index is 1340. The van der Waals surface area contributed by atoms with E-state index in [1.807, 2.05) is 28.0 Å². The monoisotopic (exact) mass is 634 g/mol. The van der Waals surface area contributed by atoms with Crippen LogP contribution in [-0.4, -0.2) is 77.0 Å². The first-order valence-electron chi connectivity index (χ1n) is 18.1. The Morgan fingerprint density at radius 3 is 2.46 bits per heavy atom. The van der Waals surface area contributed by atoms with Crippen molar-refractivity contribution in [1.82, 2.24) is 9.80 Å². The molecule has 252 valence electrons. The van der Waals surface area contributed by atoms with Crippen LogP contribution in [0.25, 0.3) is 6.08 Å². The highest BCUT2D eigenvalue weighted by molar-refractivity contribution is 5.92. The molecular weight excluding hydrogens is 580 g/mol. The van der Waals surface area contributed by atoms with Crippen LogP contribution >= 0.6 is 0 Å². The molecule has 0 bridgehead atoms. The fraction of sp³-hybridized carbons (Fsp3) is 0.737. The van der Waals surface area contributed by atoms with Crippen molar-refractivity contribution in [2.75, 3.05) is 33.0 Å². The van der Waals surface area contributed by atoms with Gasteiger partial charge in [-0.3, -0.25) is 9.59 Å². The molecule has 1 aromatic rings. The normalized spacial score (nSPS) is 39.1. The number of ether oxygens (including phenoxy) is 2. The number of piperazine rings is 1. The van der Waals surface area contributed by atoms with Gasteiger partial charge < -0.3 is 29.5 Å². The zero-order chi connectivity index (χ0) is 32.2. The van der Waals surface area contributed by atoms with Crippen LogP contribution in [0.15, 0.2) is 24.3 Å². The number of rotatable bonds is 6. The standard InChI is InChI=1S/C38H54N2O6/c1-24(28-7-8-29-36-30(13-15-38(28,29)3)37(2)14-12-27(41)21-26(37)22-31(36)42)4-10-34(43)39-16-18-40(19-17-39)35(44)11-6-25-5-9-32-33(20-25)46-23-45-32/h5-6,9,11,20,24,26-31,36,41-42H,4,7-8,10,12-19,21-23H2,1-3H3/b11-6+/t24-,26+,27-,28-,29+,30+,31+,36+,37+,38-/m1/s1. The van der Waals surface area contributed by atoms with Gasteiger partial charge in [-0.05, 0) is 128 Å². The topological polar surface area (TPSA) is 99.5 Å². The first-order valence-corrected chi connectivity index (χ1v) is 18.1. The van der Waals surface area contributed by atoms with Crippen LogP contribution in [0.2, 0.25) is 0 Å². The number of aliphatic hydroxyl groups is 2. The summed E-state index contributed by atoms with van der Waals surface area (Å²) >= 11 is 0. The van der Waals surface area contributed by atoms with Crippen molar-refractivity contribution < 1.29 is 29.3 Å². The molecule has 0 unspecified atom stereocenters. The SMILES string of the molecule is C[C@H](CCC(=O)N1CCN(C(=O)/C=C/c2ccc3c(c2)OCO3)CC1)[C@H]1CC[C@H]2[C@@H]3[C@@H](O)C[C@@H]4C[C@H](O)CC[C@]4(C)[C@H]3CC[C@]12C. The summed E-state index contributed by atoms with van der Waals surface area (Å²) in [5, 5.41) is 21.9. The van der Waals surface area contributed by atoms with Crippen LogP contribution in [0, 0.1) is 46.3 Å². The molecule has 2 aliphatic heterocycles. The Balaban J connectivity index is 0.898. The molecule has 46 heavy (non-hydrogen) atoms. The minimum absolute atomic E-state index is 0.0363. The summed E-state index contributed by atoms with van der Waals surface area (Å²) in [6.45, 7) is 9.84. The summed E-state index contributed by atoms with van der Waals surface area (Å²) < 4.78 is 10.8. The number of carbonyl (C=O) groups excluding carboxylic acids is 2. The first kappa shape index (κ1) is 32.0. The maximum absolute atomic E-state index is 13.3. The lowest BCUT2D eigenvalue weighted by atomic mass is 9.43. The smallest absolute Gasteiger partial charge is 0.246 e. The van der Waals surface area contributed by atoms with E-state index in [4.69, 9.17) is 9.47 Å². The molecule has 10 atom stereocenters. The number of hydrogen-bond donors (Lipinski definition) is 2. The van der Waals surface area contributed by atoms with Gasteiger partial charge in [-0.25, -0.2) is 0 Å². The second-order valence-corrected chi connectivity index (χ2v) is 16.1. The average molecular weight is 635 g/mol. The van der Waals surface area contributed by atoms with Crippen LogP contribution in [0.5, 0.6) is 11.5 Å². The van der Waals surface area contributed by atoms with Crippen molar-refractivity contribution in [3.8, 4) is 11.5 Å². The molecule has 0 spiro atoms. The van der Waals surface area contributed by atoms with E-state index in [9.17, 15) is 19.8 Å². The third-order valence-corrected chi connectivity index (χ3v) is 14.0. The van der Waals surface area contributed by atoms with E-state index in [0.717, 1.165) is 43.4 Å². The van der Waals surface area contributed by atoms with Crippen molar-refractivity contribution >= 4 is 17.9 Å². The van der Waals surface area contributed by atoms with Gasteiger partial charge in [-0.2, -0.15) is 0 Å². The number of carbonyl (C=O) groups is 2. The van der Waals surface area contributed by atoms with Crippen LogP contribution < -0.4 is 9.47 Å². The Labute approximate surface area is 274 Å². The summed E-state index contributed by atoms with van der Waals surface area (Å²) in [6, 6.07) is 5.63. The third kappa shape index (κ3) is 5.65. The molecule has 2 heterocycles. The largest absolute Gasteiger partial charge is 0.454 e. The van der Waals surface area contributed by atoms with E-state index < -0.39 is 0 Å². The zero-order valence-electron chi connectivity index (χ0n) is 28.0. The van der Waals surface area contributed by atoms with Crippen LogP contribution in [0.4, 0.5) is 0 Å². The van der Waals surface area contributed by atoms with E-state index >= 15 is 0 Å². The lowest BCUT2D eigenvalue weighted by Gasteiger charge is -2.62. The fourth-order valence-electron chi connectivity index (χ4n) is 11.4. The van der Waals surface area contributed by atoms with Gasteiger partial charge in [0.05, 0.1) is 12.2 Å². The maximum atomic E-state index is 13.3. The molecule has 1 saturated heterocycles. The van der Waals surface area contributed by atoms with Gasteiger partial charge in [0.2, 0.25) is 18.6 Å². The number of amides is 2. The van der Waals surface area contributed by atoms with Crippen molar-refractivity contribution in [3.05, 3.63) is 29.8 Å². The van der Waals surface area contributed by atoms with Gasteiger partial charge >= 0.3 is 0 Å². The summed E-state index contributed by atoms with van der Waals surface area (Å²) in [5.74, 6) is 4.58. The van der Waals surface area contributed by atoms with E-state index in [2.05, 4.69) is 20.8 Å². The maximum Gasteiger partial charge on any atom is 0.246 e. The number of nitrogens with zero attached hydrogens (tertiary/aromatic N) is 2. The number of benzene rings is 1. The predicted octanol–water partition coefficient (Wildman–Crippen LogP) is 5.51. The van der Waals surface area contributed by atoms with Gasteiger partial charge in [-0.1, -0.05) is 26.8 Å². The zero-order valence-corrected chi connectivity index (χ0v) is 28.0. The van der Waals surface area contributed by atoms with Gasteiger partial charge in [0.15, 0.2) is 11.5 Å². The fourth-order valence-corrected chi connectivity index (χ4v) is 11.4. The minimum Gasteiger partial charge on any atom is -0.454 e. The molecule has 4 saturated carbocycles. The molecule has 8 nitrogen and oxygen atoms in total. The molecule has 6 aliphatic rings. The summed E-state index contributed by atoms with van der Waals surface area (Å²) in [6.07, 6.45) is 12.9. The number of fused-ring (bicyclic) bond motifs is 6. The van der Waals surface area contributed by atoms with E-state index in [1.165, 1.54) is 25.7 Å². The molecule has 8 heteroatoms. The Morgan fingerprint density at radius 1 is 0.935 bits per heavy atom. The van der Waals surface area contributed by atoms with E-state index in [-0.39, 0.29) is 41.6 Å². The molecule has 0 radical (unpaired) electrons. The van der Waals surface area contributed by atoms with Crippen molar-refractivity contribution in [2.45, 2.75) is 97.2 Å². The van der Waals surface area contributed by atoms with Gasteiger partial charge in [0.1, 0.15) is 0 Å². The van der Waals surface area contributed by atoms with Crippen LogP contribution in [-0.2, 0) is 9.59 Å². The summed E-state index contributed by atoms with van der Waals surface area (Å²) in [4.78, 5) is 29.9. The molecule has 7 rings (SSSR count). The Morgan fingerprint density at radius 2 is 1.65 bits per heavy atom. The number of aliphatic hydroxyl groups excluding tert-OH is 2. The van der Waals surface area contributed by atoms with Crippen molar-refractivity contribution in [3.63, 3.8) is 0 Å². The van der Waals surface area contributed by atoms with Gasteiger partial charge in [0.25, 0.3) is 0 Å². The molecule has 2 N–H and O–H groups in total. The third-order valence-electron chi connectivity index (χ3n) is 14.0. The molecule has 0 aromatic heterocycles. The molecule has 5 fully saturated rings. The second kappa shape index (κ2) is 12.5. The number of hydrogen-bond acceptors (Lipinski definition) is 6. The van der Waals surface area contributed by atoms with Gasteiger partial charge in [0, 0.05) is 38.7 Å². The van der Waals surface area contributed by atoms with Gasteiger partial charge in [-0.15, -0.1) is 0 Å². The highest BCUT2D eigenvalue weighted by Gasteiger charge is 2.62. The lowest BCUT2D eigenvalue weighted by molar-refractivity contribution is -0.174. The molecule has 1 aromatic carbocycles. The van der Waals surface area contributed by atoms with E-state index in [0.29, 0.717) is 73.9 Å². The lowest BCUT2D eigenvalue weighted by Crippen LogP contribution is -2.58. The predicted molar refractivity (Wildman–Crippen MR) is 176 cm³/mol. The quantitative estimate of drug-likeness (QED) is 0.401. The minimum atomic E-state index is -0.252. The molecule has 4 aliphatic carbocycles. The highest BCUT2D eigenvalue weighted by atomic mass is 16.7. The molecule has 2 amide bonds. The summed E-state index contributed by atoms with van der Waals surface area (Å²) in [7, 11) is 0. The first-order chi connectivity index (χ1) is 22.1. The van der Waals surface area contributed by atoms with Crippen LogP contribution in [0.1, 0.15) is 90.5 Å². The molecular formula is C38H54N2O6. The second-order valence-electron chi connectivity index (χ2n) is 16.1. The Hall–Kier alpha value is -2.58. The van der Waals surface area contributed by atoms with E-state index in [1.54, 1.807) is 12.2 Å². The highest BCUT2D eigenvalue weighted by Crippen LogP contribution is 2.68. The van der Waals surface area contributed by atoms with Crippen LogP contribution in [0.3, 0.4) is 0 Å². The average Bonchev–Trinajstić information content (AvgIpc) is 3.67.